The molecule has 1 aromatic carbocycles. The van der Waals surface area contributed by atoms with Gasteiger partial charge in [-0.3, -0.25) is 4.79 Å². The van der Waals surface area contributed by atoms with Crippen LogP contribution >= 0.6 is 0 Å². The summed E-state index contributed by atoms with van der Waals surface area (Å²) in [6.07, 6.45) is 1.13. The molecule has 6 nitrogen and oxygen atoms in total. The Morgan fingerprint density at radius 2 is 1.93 bits per heavy atom. The molecule has 1 saturated heterocycles. The zero-order valence-corrected chi connectivity index (χ0v) is 15.6. The highest BCUT2D eigenvalue weighted by Crippen LogP contribution is 2.34. The molecule has 2 bridgehead atoms. The third-order valence-electron chi connectivity index (χ3n) is 5.54. The predicted molar refractivity (Wildman–Crippen MR) is 102 cm³/mol. The van der Waals surface area contributed by atoms with E-state index in [9.17, 15) is 14.7 Å². The lowest BCUT2D eigenvalue weighted by atomic mass is 9.83. The Morgan fingerprint density at radius 3 is 2.63 bits per heavy atom. The van der Waals surface area contributed by atoms with Gasteiger partial charge in [-0.25, -0.2) is 4.79 Å². The minimum absolute atomic E-state index is 0.0476. The van der Waals surface area contributed by atoms with E-state index in [1.54, 1.807) is 18.2 Å². The smallest absolute Gasteiger partial charge is 0.347 e. The zero-order valence-electron chi connectivity index (χ0n) is 15.6. The van der Waals surface area contributed by atoms with Crippen molar-refractivity contribution in [3.63, 3.8) is 0 Å². The number of hydrogen-bond donors (Lipinski definition) is 2. The highest BCUT2D eigenvalue weighted by Gasteiger charge is 2.31. The molecule has 2 aliphatic heterocycles. The summed E-state index contributed by atoms with van der Waals surface area (Å²) < 4.78 is 7.48. The number of nitrogens with zero attached hydrogens (tertiary/aromatic N) is 1. The lowest BCUT2D eigenvalue weighted by Gasteiger charge is -2.37. The van der Waals surface area contributed by atoms with Gasteiger partial charge in [0, 0.05) is 30.8 Å². The van der Waals surface area contributed by atoms with Crippen LogP contribution in [0.5, 0.6) is 5.75 Å². The fraction of sp³-hybridized carbons (Fsp3) is 0.429. The Bertz CT molecular complexity index is 930. The maximum atomic E-state index is 12.7. The normalized spacial score (nSPS) is 21.4. The molecule has 6 heteroatoms. The molecular formula is C21H24N2O4. The maximum Gasteiger partial charge on any atom is 0.347 e. The van der Waals surface area contributed by atoms with Crippen LogP contribution < -0.4 is 15.6 Å². The van der Waals surface area contributed by atoms with E-state index in [1.165, 1.54) is 13.8 Å². The van der Waals surface area contributed by atoms with Gasteiger partial charge in [-0.05, 0) is 62.1 Å². The number of piperidine rings is 1. The molecular weight excluding hydrogens is 344 g/mol. The van der Waals surface area contributed by atoms with Gasteiger partial charge in [-0.2, -0.15) is 0 Å². The second kappa shape index (κ2) is 6.53. The first-order chi connectivity index (χ1) is 12.8. The van der Waals surface area contributed by atoms with Crippen LogP contribution in [0.15, 0.2) is 41.2 Å². The first-order valence-corrected chi connectivity index (χ1v) is 9.32. The number of benzene rings is 1. The molecule has 4 rings (SSSR count). The second-order valence-corrected chi connectivity index (χ2v) is 8.02. The lowest BCUT2D eigenvalue weighted by Crippen LogP contribution is -2.44. The van der Waals surface area contributed by atoms with E-state index in [1.807, 2.05) is 16.7 Å². The molecule has 0 unspecified atom stereocenters. The van der Waals surface area contributed by atoms with Crippen molar-refractivity contribution in [2.45, 2.75) is 38.3 Å². The Morgan fingerprint density at radius 1 is 1.19 bits per heavy atom. The molecule has 1 fully saturated rings. The van der Waals surface area contributed by atoms with Gasteiger partial charge < -0.3 is 19.7 Å². The molecule has 3 heterocycles. The van der Waals surface area contributed by atoms with Crippen LogP contribution in [0.25, 0.3) is 11.1 Å². The van der Waals surface area contributed by atoms with Crippen molar-refractivity contribution < 1.29 is 14.6 Å². The van der Waals surface area contributed by atoms with Crippen LogP contribution in [0.2, 0.25) is 0 Å². The second-order valence-electron chi connectivity index (χ2n) is 8.02. The van der Waals surface area contributed by atoms with Gasteiger partial charge in [-0.15, -0.1) is 0 Å². The van der Waals surface area contributed by atoms with Crippen LogP contribution in [0.3, 0.4) is 0 Å². The average molecular weight is 368 g/mol. The van der Waals surface area contributed by atoms with Crippen LogP contribution in [0.1, 0.15) is 31.9 Å². The number of rotatable bonds is 4. The van der Waals surface area contributed by atoms with Crippen LogP contribution in [-0.4, -0.2) is 34.3 Å². The molecule has 1 aromatic heterocycles. The molecule has 0 amide bonds. The summed E-state index contributed by atoms with van der Waals surface area (Å²) in [5.41, 5.74) is 1.66. The number of hydrogen-bond acceptors (Lipinski definition) is 4. The van der Waals surface area contributed by atoms with Crippen molar-refractivity contribution in [1.29, 1.82) is 0 Å². The summed E-state index contributed by atoms with van der Waals surface area (Å²) in [5.74, 6) is 0.381. The van der Waals surface area contributed by atoms with Gasteiger partial charge in [0.25, 0.3) is 5.56 Å². The molecule has 2 aromatic rings. The van der Waals surface area contributed by atoms with E-state index >= 15 is 0 Å². The van der Waals surface area contributed by atoms with Crippen molar-refractivity contribution >= 4 is 5.97 Å². The van der Waals surface area contributed by atoms with Gasteiger partial charge in [0.1, 0.15) is 5.75 Å². The van der Waals surface area contributed by atoms with Gasteiger partial charge in [-0.1, -0.05) is 12.1 Å². The number of carboxylic acids is 1. The van der Waals surface area contributed by atoms with Crippen molar-refractivity contribution in [3.05, 3.63) is 52.4 Å². The number of carbonyl (C=O) groups is 1. The SMILES string of the molecule is CC(C)(Oc1ccc(-c2cc3n(c(=O)c2)C[C@@H]2CNC[C@H]3C2)cc1)C(=O)O. The van der Waals surface area contributed by atoms with Gasteiger partial charge in [0.15, 0.2) is 5.60 Å². The highest BCUT2D eigenvalue weighted by molar-refractivity contribution is 5.76. The molecule has 2 aliphatic rings. The summed E-state index contributed by atoms with van der Waals surface area (Å²) in [4.78, 5) is 23.9. The van der Waals surface area contributed by atoms with Crippen LogP contribution in [0.4, 0.5) is 0 Å². The summed E-state index contributed by atoms with van der Waals surface area (Å²) in [5, 5.41) is 12.6. The first kappa shape index (κ1) is 17.8. The van der Waals surface area contributed by atoms with E-state index in [2.05, 4.69) is 11.4 Å². The fourth-order valence-corrected chi connectivity index (χ4v) is 4.02. The average Bonchev–Trinajstić information content (AvgIpc) is 2.63. The predicted octanol–water partition coefficient (Wildman–Crippen LogP) is 2.46. The molecule has 142 valence electrons. The van der Waals surface area contributed by atoms with Gasteiger partial charge in [0.2, 0.25) is 0 Å². The molecule has 2 N–H and O–H groups in total. The summed E-state index contributed by atoms with van der Waals surface area (Å²) >= 11 is 0. The zero-order chi connectivity index (χ0) is 19.2. The third-order valence-corrected chi connectivity index (χ3v) is 5.54. The number of pyridine rings is 1. The minimum Gasteiger partial charge on any atom is -0.478 e. The number of nitrogens with one attached hydrogen (secondary N) is 1. The lowest BCUT2D eigenvalue weighted by molar-refractivity contribution is -0.152. The number of fused-ring (bicyclic) bond motifs is 4. The van der Waals surface area contributed by atoms with E-state index < -0.39 is 11.6 Å². The number of aliphatic carboxylic acids is 1. The van der Waals surface area contributed by atoms with E-state index in [0.717, 1.165) is 42.9 Å². The quantitative estimate of drug-likeness (QED) is 0.867. The fourth-order valence-electron chi connectivity index (χ4n) is 4.02. The van der Waals surface area contributed by atoms with E-state index in [4.69, 9.17) is 4.74 Å². The standard InChI is InChI=1S/C21H24N2O4/c1-21(2,20(25)26)27-17-5-3-14(4-6-17)15-8-18-16-7-13(10-22-11-16)12-23(18)19(24)9-15/h3-6,8-9,13,16,22H,7,10-12H2,1-2H3,(H,25,26)/t13-,16+/m0/s1. The van der Waals surface area contributed by atoms with Crippen molar-refractivity contribution in [1.82, 2.24) is 9.88 Å². The number of ether oxygens (including phenoxy) is 1. The van der Waals surface area contributed by atoms with Crippen molar-refractivity contribution in [2.24, 2.45) is 5.92 Å². The Balaban J connectivity index is 1.64. The van der Waals surface area contributed by atoms with Crippen molar-refractivity contribution in [3.8, 4) is 16.9 Å². The maximum absolute atomic E-state index is 12.7. The first-order valence-electron chi connectivity index (χ1n) is 9.32. The van der Waals surface area contributed by atoms with Gasteiger partial charge in [0.05, 0.1) is 0 Å². The molecule has 0 spiro atoms. The third kappa shape index (κ3) is 3.37. The Kier molecular flexibility index (Phi) is 4.30. The van der Waals surface area contributed by atoms with Crippen LogP contribution in [-0.2, 0) is 11.3 Å². The Hall–Kier alpha value is -2.60. The summed E-state index contributed by atoms with van der Waals surface area (Å²) in [6.45, 7) is 5.71. The van der Waals surface area contributed by atoms with Crippen LogP contribution in [0, 0.1) is 5.92 Å². The molecule has 0 radical (unpaired) electrons. The molecule has 0 aliphatic carbocycles. The summed E-state index contributed by atoms with van der Waals surface area (Å²) in [7, 11) is 0. The molecule has 2 atom stereocenters. The van der Waals surface area contributed by atoms with E-state index in [-0.39, 0.29) is 5.56 Å². The Labute approximate surface area is 157 Å². The monoisotopic (exact) mass is 368 g/mol. The topological polar surface area (TPSA) is 80.6 Å². The van der Waals surface area contributed by atoms with Crippen molar-refractivity contribution in [2.75, 3.05) is 13.1 Å². The molecule has 0 saturated carbocycles. The largest absolute Gasteiger partial charge is 0.478 e. The van der Waals surface area contributed by atoms with Gasteiger partial charge >= 0.3 is 5.97 Å². The number of aromatic nitrogens is 1. The number of carboxylic acid groups (broad SMARTS) is 1. The van der Waals surface area contributed by atoms with E-state index in [0.29, 0.717) is 17.6 Å². The highest BCUT2D eigenvalue weighted by atomic mass is 16.5. The molecule has 27 heavy (non-hydrogen) atoms. The minimum atomic E-state index is -1.29. The summed E-state index contributed by atoms with van der Waals surface area (Å²) in [6, 6.07) is 11.0.